The molecule has 1 unspecified atom stereocenters. The minimum Gasteiger partial charge on any atom is -0.309 e. The summed E-state index contributed by atoms with van der Waals surface area (Å²) in [5, 5.41) is 8.41. The van der Waals surface area contributed by atoms with E-state index in [9.17, 15) is 0 Å². The van der Waals surface area contributed by atoms with Crippen LogP contribution >= 0.6 is 0 Å². The normalized spacial score (nSPS) is 14.5. The fourth-order valence-electron chi connectivity index (χ4n) is 10.9. The molecule has 1 spiro atoms. The van der Waals surface area contributed by atoms with Crippen molar-refractivity contribution in [2.24, 2.45) is 0 Å². The number of hydrogen-bond acceptors (Lipinski definition) is 1. The summed E-state index contributed by atoms with van der Waals surface area (Å²) >= 11 is 0. The molecule has 4 heterocycles. The lowest BCUT2D eigenvalue weighted by Gasteiger charge is -2.31. The van der Waals surface area contributed by atoms with Gasteiger partial charge in [0.1, 0.15) is 0 Å². The van der Waals surface area contributed by atoms with Gasteiger partial charge < -0.3 is 4.57 Å². The number of para-hydroxylation sites is 2. The molecule has 2 aromatic heterocycles. The summed E-state index contributed by atoms with van der Waals surface area (Å²) in [5.41, 5.74) is 18.1. The molecule has 9 aromatic carbocycles. The van der Waals surface area contributed by atoms with Crippen molar-refractivity contribution in [3.8, 4) is 72.7 Å². The molecule has 0 fully saturated rings. The molecule has 0 saturated heterocycles. The van der Waals surface area contributed by atoms with E-state index in [0.717, 1.165) is 28.2 Å². The molecular formula is C59H38N2Si. The van der Waals surface area contributed by atoms with E-state index in [0.29, 0.717) is 0 Å². The van der Waals surface area contributed by atoms with Gasteiger partial charge in [0.25, 0.3) is 0 Å². The van der Waals surface area contributed by atoms with Crippen molar-refractivity contribution in [3.05, 3.63) is 231 Å². The highest BCUT2D eigenvalue weighted by Gasteiger charge is 2.56. The van der Waals surface area contributed by atoms with E-state index in [1.807, 2.05) is 0 Å². The largest absolute Gasteiger partial charge is 0.309 e. The number of nitrogens with zero attached hydrogens (tertiary/aromatic N) is 2. The van der Waals surface area contributed by atoms with Crippen molar-refractivity contribution < 1.29 is 0 Å². The number of rotatable bonds is 5. The standard InChI is InChI=1S/C59H38N2Si/c1-3-17-40(18-4-1)52-37-42(38-53(60-52)41-19-5-2-6-20-41)45-26-16-28-51-49-24-10-14-32-57(49)62(59(45)51)56-31-13-9-23-48(56)50-27-15-25-44(58(50)62)39-33-35-43(36-34-39)61-54-29-11-7-21-46(54)47-22-8-12-30-55(47)61/h1-38H. The van der Waals surface area contributed by atoms with Gasteiger partial charge >= 0.3 is 0 Å². The first-order valence-corrected chi connectivity index (χ1v) is 23.5. The van der Waals surface area contributed by atoms with Gasteiger partial charge in [-0.3, -0.25) is 0 Å². The number of benzene rings is 9. The quantitative estimate of drug-likeness (QED) is 0.159. The predicted octanol–water partition coefficient (Wildman–Crippen LogP) is 12.2. The lowest BCUT2D eigenvalue weighted by molar-refractivity contribution is 1.18. The monoisotopic (exact) mass is 802 g/mol. The zero-order valence-electron chi connectivity index (χ0n) is 33.8. The molecule has 0 N–H and O–H groups in total. The van der Waals surface area contributed by atoms with E-state index >= 15 is 0 Å². The minimum absolute atomic E-state index is 0.974. The van der Waals surface area contributed by atoms with Gasteiger partial charge in [0.2, 0.25) is 0 Å². The molecular weight excluding hydrogens is 765 g/mol. The maximum atomic E-state index is 5.32. The highest BCUT2D eigenvalue weighted by molar-refractivity contribution is 7.25. The lowest BCUT2D eigenvalue weighted by atomic mass is 9.96. The lowest BCUT2D eigenvalue weighted by Crippen LogP contribution is -2.71. The Bertz CT molecular complexity index is 3440. The summed E-state index contributed by atoms with van der Waals surface area (Å²) in [7, 11) is -2.96. The van der Waals surface area contributed by atoms with Crippen molar-refractivity contribution in [1.82, 2.24) is 9.55 Å². The van der Waals surface area contributed by atoms with Crippen LogP contribution in [0, 0.1) is 0 Å². The Hall–Kier alpha value is -7.85. The zero-order chi connectivity index (χ0) is 40.8. The molecule has 2 aliphatic rings. The van der Waals surface area contributed by atoms with Crippen LogP contribution in [-0.4, -0.2) is 17.6 Å². The van der Waals surface area contributed by atoms with Crippen LogP contribution in [0.25, 0.3) is 94.5 Å². The highest BCUT2D eigenvalue weighted by atomic mass is 28.3. The maximum absolute atomic E-state index is 5.32. The first kappa shape index (κ1) is 35.0. The summed E-state index contributed by atoms with van der Waals surface area (Å²) < 4.78 is 2.41. The first-order valence-electron chi connectivity index (χ1n) is 21.5. The third kappa shape index (κ3) is 4.94. The Balaban J connectivity index is 1.07. The van der Waals surface area contributed by atoms with Crippen LogP contribution in [-0.2, 0) is 0 Å². The molecule has 11 aromatic rings. The third-order valence-electron chi connectivity index (χ3n) is 13.4. The molecule has 13 rings (SSSR count). The summed E-state index contributed by atoms with van der Waals surface area (Å²) in [5.74, 6) is 0. The topological polar surface area (TPSA) is 17.8 Å². The van der Waals surface area contributed by atoms with Crippen LogP contribution in [0.1, 0.15) is 0 Å². The van der Waals surface area contributed by atoms with Crippen LogP contribution in [0.5, 0.6) is 0 Å². The van der Waals surface area contributed by atoms with Crippen molar-refractivity contribution in [2.45, 2.75) is 0 Å². The average molecular weight is 803 g/mol. The summed E-state index contributed by atoms with van der Waals surface area (Å²) in [6.45, 7) is 0. The van der Waals surface area contributed by atoms with E-state index < -0.39 is 8.07 Å². The summed E-state index contributed by atoms with van der Waals surface area (Å²) in [6.07, 6.45) is 0. The number of fused-ring (bicyclic) bond motifs is 13. The molecule has 0 saturated carbocycles. The molecule has 0 bridgehead atoms. The predicted molar refractivity (Wildman–Crippen MR) is 262 cm³/mol. The zero-order valence-corrected chi connectivity index (χ0v) is 34.8. The van der Waals surface area contributed by atoms with Crippen LogP contribution in [0.2, 0.25) is 0 Å². The molecule has 3 heteroatoms. The number of hydrogen-bond donors (Lipinski definition) is 0. The Morgan fingerprint density at radius 3 is 1.26 bits per heavy atom. The second kappa shape index (κ2) is 13.6. The summed E-state index contributed by atoms with van der Waals surface area (Å²) in [6, 6.07) is 85.4. The van der Waals surface area contributed by atoms with E-state index in [1.165, 1.54) is 87.1 Å². The van der Waals surface area contributed by atoms with E-state index in [2.05, 4.69) is 235 Å². The van der Waals surface area contributed by atoms with Crippen molar-refractivity contribution in [2.75, 3.05) is 0 Å². The van der Waals surface area contributed by atoms with E-state index in [-0.39, 0.29) is 0 Å². The Kier molecular flexibility index (Phi) is 7.66. The smallest absolute Gasteiger partial charge is 0.183 e. The maximum Gasteiger partial charge on any atom is 0.183 e. The fourth-order valence-corrected chi connectivity index (χ4v) is 17.0. The number of pyridine rings is 1. The second-order valence-electron chi connectivity index (χ2n) is 16.6. The van der Waals surface area contributed by atoms with Crippen LogP contribution < -0.4 is 20.7 Å². The third-order valence-corrected chi connectivity index (χ3v) is 18.5. The minimum atomic E-state index is -2.96. The average Bonchev–Trinajstić information content (AvgIpc) is 3.96. The first-order chi connectivity index (χ1) is 30.8. The second-order valence-corrected chi connectivity index (χ2v) is 20.1. The van der Waals surface area contributed by atoms with Crippen molar-refractivity contribution in [1.29, 1.82) is 0 Å². The van der Waals surface area contributed by atoms with Crippen molar-refractivity contribution in [3.63, 3.8) is 0 Å². The van der Waals surface area contributed by atoms with Crippen LogP contribution in [0.15, 0.2) is 231 Å². The molecule has 1 atom stereocenters. The molecule has 0 aliphatic carbocycles. The van der Waals surface area contributed by atoms with Gasteiger partial charge in [-0.2, -0.15) is 0 Å². The van der Waals surface area contributed by atoms with E-state index in [1.54, 1.807) is 0 Å². The molecule has 0 radical (unpaired) electrons. The van der Waals surface area contributed by atoms with Gasteiger partial charge in [0, 0.05) is 27.6 Å². The molecule has 2 nitrogen and oxygen atoms in total. The van der Waals surface area contributed by atoms with Gasteiger partial charge in [-0.05, 0) is 102 Å². The molecule has 62 heavy (non-hydrogen) atoms. The number of aromatic nitrogens is 2. The Labute approximate surface area is 361 Å². The van der Waals surface area contributed by atoms with Gasteiger partial charge in [-0.25, -0.2) is 4.98 Å². The van der Waals surface area contributed by atoms with Crippen molar-refractivity contribution >= 4 is 50.6 Å². The van der Waals surface area contributed by atoms with Crippen LogP contribution in [0.3, 0.4) is 0 Å². The highest BCUT2D eigenvalue weighted by Crippen LogP contribution is 2.42. The van der Waals surface area contributed by atoms with E-state index in [4.69, 9.17) is 4.98 Å². The van der Waals surface area contributed by atoms with Gasteiger partial charge in [0.15, 0.2) is 8.07 Å². The SMILES string of the molecule is c1ccc(-c2cc(-c3cccc4c3[Si]3(c5ccccc5-c5cccc(-c6ccc(-n7c8ccccc8c8ccccc87)cc6)c53)c3ccccc3-4)cc(-c3ccccc3)n2)cc1. The molecule has 0 amide bonds. The van der Waals surface area contributed by atoms with Gasteiger partial charge in [-0.1, -0.05) is 194 Å². The Morgan fingerprint density at radius 2 is 0.726 bits per heavy atom. The fraction of sp³-hybridized carbons (Fsp3) is 0. The van der Waals surface area contributed by atoms with Gasteiger partial charge in [-0.15, -0.1) is 0 Å². The Morgan fingerprint density at radius 1 is 0.306 bits per heavy atom. The summed E-state index contributed by atoms with van der Waals surface area (Å²) in [4.78, 5) is 5.32. The van der Waals surface area contributed by atoms with Gasteiger partial charge in [0.05, 0.1) is 22.4 Å². The molecule has 288 valence electrons. The van der Waals surface area contributed by atoms with Crippen LogP contribution in [0.4, 0.5) is 0 Å². The molecule has 2 aliphatic heterocycles.